The fourth-order valence-corrected chi connectivity index (χ4v) is 4.44. The molecule has 0 saturated carbocycles. The quantitative estimate of drug-likeness (QED) is 0.874. The lowest BCUT2D eigenvalue weighted by Crippen LogP contribution is -2.45. The lowest BCUT2D eigenvalue weighted by atomic mass is 10.00. The highest BCUT2D eigenvalue weighted by Crippen LogP contribution is 2.29. The second-order valence-electron chi connectivity index (χ2n) is 5.66. The Bertz CT molecular complexity index is 742. The molecular formula is C14H17Cl2N3O3S. The number of sulfonamides is 1. The number of benzene rings is 1. The number of halogens is 2. The van der Waals surface area contributed by atoms with Gasteiger partial charge in [-0.3, -0.25) is 0 Å². The number of urea groups is 1. The first kappa shape index (κ1) is 18.0. The van der Waals surface area contributed by atoms with Crippen molar-refractivity contribution in [3.05, 3.63) is 28.2 Å². The van der Waals surface area contributed by atoms with Gasteiger partial charge in [-0.1, -0.05) is 43.1 Å². The van der Waals surface area contributed by atoms with Crippen molar-refractivity contribution in [2.24, 2.45) is 11.0 Å². The van der Waals surface area contributed by atoms with Crippen molar-refractivity contribution < 1.29 is 13.2 Å². The molecule has 9 heteroatoms. The summed E-state index contributed by atoms with van der Waals surface area (Å²) in [6.07, 6.45) is 0.609. The second kappa shape index (κ2) is 6.67. The number of amides is 2. The normalized spacial score (nSPS) is 18.3. The molecule has 126 valence electrons. The van der Waals surface area contributed by atoms with E-state index in [1.165, 1.54) is 23.2 Å². The minimum Gasteiger partial charge on any atom is -0.246 e. The van der Waals surface area contributed by atoms with Crippen LogP contribution in [0.4, 0.5) is 4.79 Å². The van der Waals surface area contributed by atoms with Gasteiger partial charge in [-0.2, -0.15) is 5.10 Å². The van der Waals surface area contributed by atoms with E-state index < -0.39 is 16.1 Å². The maximum atomic E-state index is 12.4. The molecule has 0 fully saturated rings. The highest BCUT2D eigenvalue weighted by Gasteiger charge is 2.34. The van der Waals surface area contributed by atoms with Crippen molar-refractivity contribution >= 4 is 45.0 Å². The van der Waals surface area contributed by atoms with Crippen molar-refractivity contribution in [1.82, 2.24) is 9.73 Å². The second-order valence-corrected chi connectivity index (χ2v) is 8.09. The molecule has 1 aromatic carbocycles. The van der Waals surface area contributed by atoms with E-state index in [9.17, 15) is 13.2 Å². The summed E-state index contributed by atoms with van der Waals surface area (Å²) < 4.78 is 26.8. The van der Waals surface area contributed by atoms with E-state index >= 15 is 0 Å². The predicted molar refractivity (Wildman–Crippen MR) is 90.4 cm³/mol. The third-order valence-corrected chi connectivity index (χ3v) is 5.76. The summed E-state index contributed by atoms with van der Waals surface area (Å²) in [5, 5.41) is 5.18. The van der Waals surface area contributed by atoms with Crippen molar-refractivity contribution in [3.8, 4) is 0 Å². The van der Waals surface area contributed by atoms with E-state index in [1.54, 1.807) is 6.92 Å². The van der Waals surface area contributed by atoms with E-state index in [-0.39, 0.29) is 26.9 Å². The third-order valence-electron chi connectivity index (χ3n) is 3.48. The zero-order chi connectivity index (χ0) is 17.4. The molecule has 23 heavy (non-hydrogen) atoms. The number of nitrogens with zero attached hydrogens (tertiary/aromatic N) is 2. The summed E-state index contributed by atoms with van der Waals surface area (Å²) in [6.45, 7) is 5.68. The Morgan fingerprint density at radius 3 is 2.43 bits per heavy atom. The van der Waals surface area contributed by atoms with Gasteiger partial charge in [0.25, 0.3) is 10.0 Å². The SMILES string of the molecule is CC1=NN(C(=O)NS(=O)(=O)c2c(Cl)cccc2Cl)C(C(C)C)C1. The van der Waals surface area contributed by atoms with Crippen LogP contribution in [0, 0.1) is 5.92 Å². The van der Waals surface area contributed by atoms with Crippen molar-refractivity contribution in [2.45, 2.75) is 38.1 Å². The Hall–Kier alpha value is -1.31. The van der Waals surface area contributed by atoms with Gasteiger partial charge in [0.15, 0.2) is 0 Å². The van der Waals surface area contributed by atoms with Crippen LogP contribution in [0.25, 0.3) is 0 Å². The minimum atomic E-state index is -4.20. The number of hydrazone groups is 1. The molecule has 0 radical (unpaired) electrons. The number of hydrogen-bond donors (Lipinski definition) is 1. The number of hydrogen-bond acceptors (Lipinski definition) is 4. The molecule has 1 aliphatic rings. The standard InChI is InChI=1S/C14H17Cl2N3O3S/c1-8(2)12-7-9(3)17-19(12)14(20)18-23(21,22)13-10(15)5-4-6-11(13)16/h4-6,8,12H,7H2,1-3H3,(H,18,20). The molecule has 2 amide bonds. The molecular weight excluding hydrogens is 361 g/mol. The van der Waals surface area contributed by atoms with Crippen LogP contribution in [0.5, 0.6) is 0 Å². The lowest BCUT2D eigenvalue weighted by molar-refractivity contribution is 0.175. The summed E-state index contributed by atoms with van der Waals surface area (Å²) in [5.41, 5.74) is 0.770. The molecule has 2 rings (SSSR count). The average molecular weight is 378 g/mol. The van der Waals surface area contributed by atoms with Gasteiger partial charge >= 0.3 is 6.03 Å². The molecule has 0 aromatic heterocycles. The van der Waals surface area contributed by atoms with Gasteiger partial charge in [-0.15, -0.1) is 0 Å². The first-order chi connectivity index (χ1) is 10.6. The summed E-state index contributed by atoms with van der Waals surface area (Å²) in [5.74, 6) is 0.133. The molecule has 1 aliphatic heterocycles. The van der Waals surface area contributed by atoms with E-state index in [0.29, 0.717) is 6.42 Å². The molecule has 1 atom stereocenters. The Kier molecular flexibility index (Phi) is 5.23. The van der Waals surface area contributed by atoms with Gasteiger partial charge < -0.3 is 0 Å². The maximum absolute atomic E-state index is 12.4. The smallest absolute Gasteiger partial charge is 0.246 e. The summed E-state index contributed by atoms with van der Waals surface area (Å²) in [7, 11) is -4.20. The molecule has 0 aliphatic carbocycles. The van der Waals surface area contributed by atoms with Crippen LogP contribution in [0.2, 0.25) is 10.0 Å². The van der Waals surface area contributed by atoms with Gasteiger partial charge in [-0.25, -0.2) is 22.9 Å². The molecule has 1 heterocycles. The van der Waals surface area contributed by atoms with Gasteiger partial charge in [0.05, 0.1) is 16.1 Å². The van der Waals surface area contributed by atoms with Crippen LogP contribution in [0.1, 0.15) is 27.2 Å². The third kappa shape index (κ3) is 3.79. The fourth-order valence-electron chi connectivity index (χ4n) is 2.35. The Morgan fingerprint density at radius 2 is 1.91 bits per heavy atom. The molecule has 1 N–H and O–H groups in total. The number of nitrogens with one attached hydrogen (secondary N) is 1. The maximum Gasteiger partial charge on any atom is 0.351 e. The van der Waals surface area contributed by atoms with Gasteiger partial charge in [-0.05, 0) is 25.0 Å². The van der Waals surface area contributed by atoms with Crippen molar-refractivity contribution in [1.29, 1.82) is 0 Å². The summed E-state index contributed by atoms with van der Waals surface area (Å²) >= 11 is 11.8. The average Bonchev–Trinajstić information content (AvgIpc) is 2.80. The molecule has 1 aromatic rings. The Morgan fingerprint density at radius 1 is 1.35 bits per heavy atom. The van der Waals surface area contributed by atoms with Gasteiger partial charge in [0, 0.05) is 12.1 Å². The van der Waals surface area contributed by atoms with Gasteiger partial charge in [0.1, 0.15) is 4.90 Å². The van der Waals surface area contributed by atoms with Crippen LogP contribution >= 0.6 is 23.2 Å². The predicted octanol–water partition coefficient (Wildman–Crippen LogP) is 3.50. The number of rotatable bonds is 3. The molecule has 0 bridgehead atoms. The highest BCUT2D eigenvalue weighted by molar-refractivity contribution is 7.90. The Balaban J connectivity index is 2.29. The van der Waals surface area contributed by atoms with Crippen molar-refractivity contribution in [2.75, 3.05) is 0 Å². The topological polar surface area (TPSA) is 78.8 Å². The van der Waals surface area contributed by atoms with E-state index in [2.05, 4.69) is 5.10 Å². The van der Waals surface area contributed by atoms with Crippen LogP contribution in [-0.2, 0) is 10.0 Å². The fraction of sp³-hybridized carbons (Fsp3) is 0.429. The van der Waals surface area contributed by atoms with Crippen LogP contribution in [0.3, 0.4) is 0 Å². The molecule has 1 unspecified atom stereocenters. The van der Waals surface area contributed by atoms with Crippen molar-refractivity contribution in [3.63, 3.8) is 0 Å². The van der Waals surface area contributed by atoms with Gasteiger partial charge in [0.2, 0.25) is 0 Å². The molecule has 0 spiro atoms. The van der Waals surface area contributed by atoms with E-state index in [0.717, 1.165) is 5.71 Å². The first-order valence-corrected chi connectivity index (χ1v) is 9.21. The minimum absolute atomic E-state index is 0.0562. The zero-order valence-corrected chi connectivity index (χ0v) is 15.2. The molecule has 0 saturated heterocycles. The summed E-state index contributed by atoms with van der Waals surface area (Å²) in [6, 6.07) is 3.29. The Labute approximate surface area is 145 Å². The largest absolute Gasteiger partial charge is 0.351 e. The monoisotopic (exact) mass is 377 g/mol. The first-order valence-electron chi connectivity index (χ1n) is 6.97. The van der Waals surface area contributed by atoms with Crippen LogP contribution < -0.4 is 4.72 Å². The number of carbonyl (C=O) groups is 1. The van der Waals surface area contributed by atoms with E-state index in [4.69, 9.17) is 23.2 Å². The lowest BCUT2D eigenvalue weighted by Gasteiger charge is -2.25. The zero-order valence-electron chi connectivity index (χ0n) is 12.9. The molecule has 6 nitrogen and oxygen atoms in total. The van der Waals surface area contributed by atoms with Crippen LogP contribution in [0.15, 0.2) is 28.2 Å². The summed E-state index contributed by atoms with van der Waals surface area (Å²) in [4.78, 5) is 12.0. The number of carbonyl (C=O) groups excluding carboxylic acids is 1. The highest BCUT2D eigenvalue weighted by atomic mass is 35.5. The van der Waals surface area contributed by atoms with E-state index in [1.807, 2.05) is 18.6 Å². The van der Waals surface area contributed by atoms with Crippen LogP contribution in [-0.4, -0.2) is 31.2 Å².